The number of nitrogens with zero attached hydrogens (tertiary/aromatic N) is 2. The summed E-state index contributed by atoms with van der Waals surface area (Å²) in [6.45, 7) is 0. The number of fused-ring (bicyclic) bond motifs is 2. The van der Waals surface area contributed by atoms with Crippen LogP contribution in [0.2, 0.25) is 0 Å². The molecule has 0 aliphatic carbocycles. The van der Waals surface area contributed by atoms with E-state index in [1.165, 1.54) is 0 Å². The molecule has 0 saturated carbocycles. The minimum Gasteiger partial charge on any atom is -0.493 e. The first-order valence-corrected chi connectivity index (χ1v) is 12.0. The van der Waals surface area contributed by atoms with E-state index >= 15 is 0 Å². The topological polar surface area (TPSA) is 94.3 Å². The normalized spacial score (nSPS) is 10.6. The van der Waals surface area contributed by atoms with Crippen molar-refractivity contribution in [3.05, 3.63) is 84.9 Å². The fourth-order valence-corrected chi connectivity index (χ4v) is 4.15. The standard InChI is InChI=1S/2C15H14N2O2/c2*1-18-13-8-7-10(9-14(13)19-2)15-16-11-5-3-4-6-12(11)17-15/h2*3-9H,1-2H3,(H,16,17). The predicted octanol–water partition coefficient (Wildman–Crippen LogP) is 6.49. The van der Waals surface area contributed by atoms with Gasteiger partial charge in [-0.15, -0.1) is 0 Å². The van der Waals surface area contributed by atoms with Gasteiger partial charge >= 0.3 is 0 Å². The highest BCUT2D eigenvalue weighted by atomic mass is 16.5. The van der Waals surface area contributed by atoms with Crippen molar-refractivity contribution in [1.29, 1.82) is 0 Å². The second kappa shape index (κ2) is 11.0. The smallest absolute Gasteiger partial charge is 0.161 e. The van der Waals surface area contributed by atoms with Gasteiger partial charge in [-0.25, -0.2) is 9.97 Å². The van der Waals surface area contributed by atoms with Gasteiger partial charge in [-0.05, 0) is 60.7 Å². The molecule has 0 spiro atoms. The summed E-state index contributed by atoms with van der Waals surface area (Å²) >= 11 is 0. The van der Waals surface area contributed by atoms with Gasteiger partial charge in [-0.3, -0.25) is 0 Å². The second-order valence-corrected chi connectivity index (χ2v) is 8.34. The Morgan fingerprint density at radius 2 is 0.868 bits per heavy atom. The zero-order valence-corrected chi connectivity index (χ0v) is 21.6. The lowest BCUT2D eigenvalue weighted by atomic mass is 10.2. The number of benzene rings is 4. The second-order valence-electron chi connectivity index (χ2n) is 8.34. The van der Waals surface area contributed by atoms with Crippen LogP contribution < -0.4 is 18.9 Å². The van der Waals surface area contributed by atoms with E-state index in [0.29, 0.717) is 23.0 Å². The molecular formula is C30H28N4O4. The van der Waals surface area contributed by atoms with Crippen LogP contribution in [-0.2, 0) is 0 Å². The maximum Gasteiger partial charge on any atom is 0.161 e. The summed E-state index contributed by atoms with van der Waals surface area (Å²) in [5, 5.41) is 0. The Hall–Kier alpha value is -4.98. The minimum atomic E-state index is 0.695. The van der Waals surface area contributed by atoms with Gasteiger partial charge < -0.3 is 28.9 Å². The van der Waals surface area contributed by atoms with E-state index in [4.69, 9.17) is 18.9 Å². The first-order valence-electron chi connectivity index (χ1n) is 12.0. The molecule has 192 valence electrons. The number of nitrogens with one attached hydrogen (secondary N) is 2. The summed E-state index contributed by atoms with van der Waals surface area (Å²) < 4.78 is 21.1. The monoisotopic (exact) mass is 508 g/mol. The summed E-state index contributed by atoms with van der Waals surface area (Å²) in [6, 6.07) is 27.4. The van der Waals surface area contributed by atoms with E-state index in [2.05, 4.69) is 19.9 Å². The quantitative estimate of drug-likeness (QED) is 0.267. The number of rotatable bonds is 6. The highest BCUT2D eigenvalue weighted by molar-refractivity contribution is 5.80. The van der Waals surface area contributed by atoms with Crippen molar-refractivity contribution in [2.45, 2.75) is 0 Å². The molecule has 0 radical (unpaired) electrons. The Balaban J connectivity index is 0.000000155. The van der Waals surface area contributed by atoms with Crippen molar-refractivity contribution in [3.63, 3.8) is 0 Å². The third-order valence-corrected chi connectivity index (χ3v) is 6.09. The molecule has 0 unspecified atom stereocenters. The van der Waals surface area contributed by atoms with Gasteiger partial charge in [0.1, 0.15) is 11.6 Å². The van der Waals surface area contributed by atoms with Crippen LogP contribution in [0.25, 0.3) is 44.8 Å². The molecule has 6 rings (SSSR count). The summed E-state index contributed by atoms with van der Waals surface area (Å²) in [5.74, 6) is 4.45. The number of aromatic amines is 2. The van der Waals surface area contributed by atoms with E-state index in [-0.39, 0.29) is 0 Å². The number of hydrogen-bond acceptors (Lipinski definition) is 6. The van der Waals surface area contributed by atoms with Crippen molar-refractivity contribution in [2.75, 3.05) is 28.4 Å². The molecule has 0 bridgehead atoms. The lowest BCUT2D eigenvalue weighted by Gasteiger charge is -2.08. The average molecular weight is 509 g/mol. The van der Waals surface area contributed by atoms with Crippen LogP contribution in [0.4, 0.5) is 0 Å². The molecule has 0 aliphatic rings. The van der Waals surface area contributed by atoms with Crippen LogP contribution in [0.15, 0.2) is 84.9 Å². The lowest BCUT2D eigenvalue weighted by Crippen LogP contribution is -1.91. The number of imidazole rings is 2. The van der Waals surface area contributed by atoms with Crippen LogP contribution in [0.3, 0.4) is 0 Å². The molecule has 2 aromatic heterocycles. The highest BCUT2D eigenvalue weighted by Gasteiger charge is 2.10. The van der Waals surface area contributed by atoms with Gasteiger partial charge in [0.15, 0.2) is 23.0 Å². The molecule has 0 saturated heterocycles. The number of hydrogen-bond donors (Lipinski definition) is 2. The number of para-hydroxylation sites is 4. The molecule has 0 atom stereocenters. The number of H-pyrrole nitrogens is 2. The van der Waals surface area contributed by atoms with Crippen molar-refractivity contribution in [1.82, 2.24) is 19.9 Å². The largest absolute Gasteiger partial charge is 0.493 e. The molecular weight excluding hydrogens is 480 g/mol. The molecule has 4 aromatic carbocycles. The average Bonchev–Trinajstić information content (AvgIpc) is 3.61. The molecule has 6 aromatic rings. The van der Waals surface area contributed by atoms with Crippen molar-refractivity contribution in [3.8, 4) is 45.8 Å². The zero-order valence-electron chi connectivity index (χ0n) is 21.6. The highest BCUT2D eigenvalue weighted by Crippen LogP contribution is 2.33. The molecule has 2 N–H and O–H groups in total. The number of methoxy groups -OCH3 is 4. The minimum absolute atomic E-state index is 0.695. The van der Waals surface area contributed by atoms with E-state index < -0.39 is 0 Å². The SMILES string of the molecule is COc1ccc(-c2nc3ccccc3[nH]2)cc1OC.COc1ccc(-c2nc3ccccc3[nH]2)cc1OC. The Bertz CT molecular complexity index is 1500. The van der Waals surface area contributed by atoms with Gasteiger partial charge in [0.2, 0.25) is 0 Å². The fraction of sp³-hybridized carbons (Fsp3) is 0.133. The van der Waals surface area contributed by atoms with Gasteiger partial charge in [0.05, 0.1) is 50.5 Å². The van der Waals surface area contributed by atoms with Crippen LogP contribution in [0.1, 0.15) is 0 Å². The van der Waals surface area contributed by atoms with Gasteiger partial charge in [0, 0.05) is 11.1 Å². The Labute approximate surface area is 220 Å². The fourth-order valence-electron chi connectivity index (χ4n) is 4.15. The Morgan fingerprint density at radius 1 is 0.474 bits per heavy atom. The summed E-state index contributed by atoms with van der Waals surface area (Å²) in [7, 11) is 6.50. The molecule has 2 heterocycles. The summed E-state index contributed by atoms with van der Waals surface area (Å²) in [6.07, 6.45) is 0. The third kappa shape index (κ3) is 4.97. The van der Waals surface area contributed by atoms with Crippen molar-refractivity contribution >= 4 is 22.1 Å². The molecule has 0 amide bonds. The number of ether oxygens (including phenoxy) is 4. The van der Waals surface area contributed by atoms with Gasteiger partial charge in [-0.2, -0.15) is 0 Å². The van der Waals surface area contributed by atoms with E-state index in [9.17, 15) is 0 Å². The lowest BCUT2D eigenvalue weighted by molar-refractivity contribution is 0.355. The van der Waals surface area contributed by atoms with Crippen molar-refractivity contribution in [2.24, 2.45) is 0 Å². The zero-order chi connectivity index (χ0) is 26.5. The Morgan fingerprint density at radius 3 is 1.24 bits per heavy atom. The van der Waals surface area contributed by atoms with Crippen LogP contribution >= 0.6 is 0 Å². The van der Waals surface area contributed by atoms with Gasteiger partial charge in [-0.1, -0.05) is 24.3 Å². The number of aromatic nitrogens is 4. The molecule has 8 nitrogen and oxygen atoms in total. The van der Waals surface area contributed by atoms with Crippen LogP contribution in [-0.4, -0.2) is 48.4 Å². The van der Waals surface area contributed by atoms with Gasteiger partial charge in [0.25, 0.3) is 0 Å². The predicted molar refractivity (Wildman–Crippen MR) is 149 cm³/mol. The summed E-state index contributed by atoms with van der Waals surface area (Å²) in [4.78, 5) is 15.7. The van der Waals surface area contributed by atoms with Crippen LogP contribution in [0, 0.1) is 0 Å². The molecule has 0 fully saturated rings. The van der Waals surface area contributed by atoms with E-state index in [1.807, 2.05) is 84.9 Å². The first kappa shape index (κ1) is 24.7. The van der Waals surface area contributed by atoms with E-state index in [1.54, 1.807) is 28.4 Å². The van der Waals surface area contributed by atoms with Crippen molar-refractivity contribution < 1.29 is 18.9 Å². The molecule has 0 aliphatic heterocycles. The maximum atomic E-state index is 5.31. The third-order valence-electron chi connectivity index (χ3n) is 6.09. The first-order chi connectivity index (χ1) is 18.6. The van der Waals surface area contributed by atoms with Crippen LogP contribution in [0.5, 0.6) is 23.0 Å². The van der Waals surface area contributed by atoms with E-state index in [0.717, 1.165) is 44.8 Å². The Kier molecular flexibility index (Phi) is 7.13. The maximum absolute atomic E-state index is 5.31. The molecule has 38 heavy (non-hydrogen) atoms. The summed E-state index contributed by atoms with van der Waals surface area (Å²) in [5.41, 5.74) is 5.88. The molecule has 8 heteroatoms.